The molecule has 5 nitrogen and oxygen atoms in total. The van der Waals surface area contributed by atoms with Gasteiger partial charge in [-0.25, -0.2) is 9.97 Å². The Kier molecular flexibility index (Phi) is 5.46. The number of nitrogens with one attached hydrogen (secondary N) is 1. The molecule has 0 bridgehead atoms. The lowest BCUT2D eigenvalue weighted by molar-refractivity contribution is 0.414. The number of methoxy groups -OCH3 is 1. The molecule has 0 amide bonds. The molecule has 0 saturated heterocycles. The molecule has 0 radical (unpaired) electrons. The number of rotatable bonds is 7. The number of aromatic nitrogens is 3. The van der Waals surface area contributed by atoms with E-state index in [1.807, 2.05) is 36.4 Å². The molecule has 0 atom stereocenters. The van der Waals surface area contributed by atoms with Gasteiger partial charge in [-0.1, -0.05) is 67.9 Å². The third-order valence-electron chi connectivity index (χ3n) is 5.67. The van der Waals surface area contributed by atoms with Crippen molar-refractivity contribution in [2.75, 3.05) is 12.4 Å². The Balaban J connectivity index is 1.68. The number of imidazole rings is 1. The molecule has 5 heteroatoms. The smallest absolute Gasteiger partial charge is 0.165 e. The molecule has 0 aliphatic carbocycles. The first kappa shape index (κ1) is 20.1. The Morgan fingerprint density at radius 3 is 2.38 bits per heavy atom. The second-order valence-electron chi connectivity index (χ2n) is 7.83. The highest BCUT2D eigenvalue weighted by atomic mass is 16.5. The minimum Gasteiger partial charge on any atom is -0.497 e. The monoisotopic (exact) mass is 422 g/mol. The number of ether oxygens (including phenoxy) is 1. The van der Waals surface area contributed by atoms with Crippen molar-refractivity contribution in [1.29, 1.82) is 0 Å². The number of hydrogen-bond acceptors (Lipinski definition) is 4. The van der Waals surface area contributed by atoms with Crippen molar-refractivity contribution in [1.82, 2.24) is 14.4 Å². The molecule has 3 aromatic carbocycles. The van der Waals surface area contributed by atoms with E-state index < -0.39 is 0 Å². The third-order valence-corrected chi connectivity index (χ3v) is 5.67. The predicted molar refractivity (Wildman–Crippen MR) is 130 cm³/mol. The summed E-state index contributed by atoms with van der Waals surface area (Å²) in [6.45, 7) is 2.89. The van der Waals surface area contributed by atoms with Gasteiger partial charge in [-0.2, -0.15) is 0 Å². The van der Waals surface area contributed by atoms with E-state index in [9.17, 15) is 0 Å². The first-order chi connectivity index (χ1) is 15.8. The number of anilines is 1. The van der Waals surface area contributed by atoms with E-state index in [1.54, 1.807) is 7.11 Å². The molecule has 5 rings (SSSR count). The maximum Gasteiger partial charge on any atom is 0.165 e. The van der Waals surface area contributed by atoms with Crippen molar-refractivity contribution < 1.29 is 4.74 Å². The van der Waals surface area contributed by atoms with Gasteiger partial charge in [0.1, 0.15) is 17.3 Å². The number of nitrogens with zero attached hydrogens (tertiary/aromatic N) is 3. The van der Waals surface area contributed by atoms with E-state index in [4.69, 9.17) is 14.7 Å². The van der Waals surface area contributed by atoms with E-state index in [0.717, 1.165) is 58.0 Å². The molecule has 0 saturated carbocycles. The minimum atomic E-state index is 0.700. The summed E-state index contributed by atoms with van der Waals surface area (Å²) >= 11 is 0. The van der Waals surface area contributed by atoms with Crippen molar-refractivity contribution in [2.45, 2.75) is 26.3 Å². The highest BCUT2D eigenvalue weighted by molar-refractivity contribution is 5.88. The lowest BCUT2D eigenvalue weighted by Gasteiger charge is -2.12. The number of hydrogen-bond donors (Lipinski definition) is 1. The lowest BCUT2D eigenvalue weighted by atomic mass is 10.1. The first-order valence-electron chi connectivity index (χ1n) is 11.0. The SMILES string of the molecule is CCCc1nc2c(-c3ccccc3)nc3ccccc3n2c1NCc1ccc(OC)cc1. The van der Waals surface area contributed by atoms with Crippen LogP contribution in [0.2, 0.25) is 0 Å². The van der Waals surface area contributed by atoms with Gasteiger partial charge in [-0.3, -0.25) is 4.40 Å². The molecular weight excluding hydrogens is 396 g/mol. The van der Waals surface area contributed by atoms with Gasteiger partial charge in [0, 0.05) is 12.1 Å². The van der Waals surface area contributed by atoms with E-state index >= 15 is 0 Å². The van der Waals surface area contributed by atoms with E-state index in [2.05, 4.69) is 59.1 Å². The van der Waals surface area contributed by atoms with Crippen LogP contribution in [0.1, 0.15) is 24.6 Å². The van der Waals surface area contributed by atoms with E-state index in [0.29, 0.717) is 6.54 Å². The molecule has 0 unspecified atom stereocenters. The summed E-state index contributed by atoms with van der Waals surface area (Å²) in [6.07, 6.45) is 1.92. The maximum atomic E-state index is 5.29. The van der Waals surface area contributed by atoms with Crippen molar-refractivity contribution in [3.63, 3.8) is 0 Å². The van der Waals surface area contributed by atoms with Crippen molar-refractivity contribution in [2.24, 2.45) is 0 Å². The normalized spacial score (nSPS) is 11.2. The zero-order valence-electron chi connectivity index (χ0n) is 18.4. The van der Waals surface area contributed by atoms with Crippen LogP contribution in [-0.2, 0) is 13.0 Å². The highest BCUT2D eigenvalue weighted by Gasteiger charge is 2.19. The summed E-state index contributed by atoms with van der Waals surface area (Å²) < 4.78 is 7.53. The van der Waals surface area contributed by atoms with Crippen LogP contribution in [0.15, 0.2) is 78.9 Å². The average molecular weight is 423 g/mol. The molecule has 2 aromatic heterocycles. The fourth-order valence-corrected chi connectivity index (χ4v) is 4.09. The fraction of sp³-hybridized carbons (Fsp3) is 0.185. The molecule has 32 heavy (non-hydrogen) atoms. The lowest BCUT2D eigenvalue weighted by Crippen LogP contribution is -2.06. The molecule has 0 aliphatic rings. The van der Waals surface area contributed by atoms with E-state index in [-0.39, 0.29) is 0 Å². The van der Waals surface area contributed by atoms with Crippen LogP contribution in [0.5, 0.6) is 5.75 Å². The van der Waals surface area contributed by atoms with Gasteiger partial charge in [0.05, 0.1) is 23.8 Å². The molecular formula is C27H26N4O. The van der Waals surface area contributed by atoms with Gasteiger partial charge < -0.3 is 10.1 Å². The summed E-state index contributed by atoms with van der Waals surface area (Å²) in [7, 11) is 1.69. The van der Waals surface area contributed by atoms with Gasteiger partial charge in [0.25, 0.3) is 0 Å². The van der Waals surface area contributed by atoms with Gasteiger partial charge in [0.15, 0.2) is 5.65 Å². The van der Waals surface area contributed by atoms with Gasteiger partial charge in [0.2, 0.25) is 0 Å². The van der Waals surface area contributed by atoms with E-state index in [1.165, 1.54) is 5.56 Å². The number of fused-ring (bicyclic) bond motifs is 3. The summed E-state index contributed by atoms with van der Waals surface area (Å²) in [4.78, 5) is 10.1. The maximum absolute atomic E-state index is 5.29. The molecule has 5 aromatic rings. The van der Waals surface area contributed by atoms with Gasteiger partial charge in [-0.05, 0) is 36.2 Å². The quantitative estimate of drug-likeness (QED) is 0.343. The summed E-state index contributed by atoms with van der Waals surface area (Å²) in [6, 6.07) is 26.7. The minimum absolute atomic E-state index is 0.700. The Labute approximate surface area is 187 Å². The molecule has 1 N–H and O–H groups in total. The largest absolute Gasteiger partial charge is 0.497 e. The Bertz CT molecular complexity index is 1360. The average Bonchev–Trinajstić information content (AvgIpc) is 3.21. The Morgan fingerprint density at radius 2 is 1.62 bits per heavy atom. The van der Waals surface area contributed by atoms with Crippen LogP contribution >= 0.6 is 0 Å². The number of aryl methyl sites for hydroxylation is 1. The molecule has 0 aliphatic heterocycles. The van der Waals surface area contributed by atoms with Gasteiger partial charge in [-0.15, -0.1) is 0 Å². The number of benzene rings is 3. The Morgan fingerprint density at radius 1 is 0.875 bits per heavy atom. The number of para-hydroxylation sites is 2. The fourth-order valence-electron chi connectivity index (χ4n) is 4.09. The summed E-state index contributed by atoms with van der Waals surface area (Å²) in [5, 5.41) is 3.68. The highest BCUT2D eigenvalue weighted by Crippen LogP contribution is 2.31. The molecule has 0 spiro atoms. The van der Waals surface area contributed by atoms with Crippen LogP contribution in [0.4, 0.5) is 5.82 Å². The summed E-state index contributed by atoms with van der Waals surface area (Å²) in [5.74, 6) is 1.90. The standard InChI is InChI=1S/C27H26N4O/c1-3-9-23-26(28-18-19-14-16-21(32-2)17-15-19)31-24-13-8-7-12-22(24)29-25(27(31)30-23)20-10-5-4-6-11-20/h4-8,10-17,28H,3,9,18H2,1-2H3. The third kappa shape index (κ3) is 3.66. The second-order valence-corrected chi connectivity index (χ2v) is 7.83. The van der Waals surface area contributed by atoms with Crippen LogP contribution < -0.4 is 10.1 Å². The second kappa shape index (κ2) is 8.71. The van der Waals surface area contributed by atoms with Crippen molar-refractivity contribution >= 4 is 22.5 Å². The van der Waals surface area contributed by atoms with Crippen molar-refractivity contribution in [3.8, 4) is 17.0 Å². The molecule has 2 heterocycles. The topological polar surface area (TPSA) is 51.5 Å². The van der Waals surface area contributed by atoms with Crippen LogP contribution in [-0.4, -0.2) is 21.5 Å². The van der Waals surface area contributed by atoms with Crippen molar-refractivity contribution in [3.05, 3.63) is 90.1 Å². The van der Waals surface area contributed by atoms with Crippen LogP contribution in [0.25, 0.3) is 27.9 Å². The molecule has 0 fully saturated rings. The van der Waals surface area contributed by atoms with Crippen LogP contribution in [0.3, 0.4) is 0 Å². The zero-order chi connectivity index (χ0) is 21.9. The predicted octanol–water partition coefficient (Wildman–Crippen LogP) is 6.12. The molecule has 160 valence electrons. The first-order valence-corrected chi connectivity index (χ1v) is 11.0. The van der Waals surface area contributed by atoms with Crippen LogP contribution in [0, 0.1) is 0 Å². The zero-order valence-corrected chi connectivity index (χ0v) is 18.4. The van der Waals surface area contributed by atoms with Gasteiger partial charge >= 0.3 is 0 Å². The summed E-state index contributed by atoms with van der Waals surface area (Å²) in [5.41, 5.74) is 7.11. The Hall–Kier alpha value is -3.86.